The van der Waals surface area contributed by atoms with Crippen molar-refractivity contribution in [3.63, 3.8) is 0 Å². The van der Waals surface area contributed by atoms with Gasteiger partial charge in [-0.15, -0.1) is 0 Å². The van der Waals surface area contributed by atoms with Crippen molar-refractivity contribution >= 4 is 17.4 Å². The molecule has 0 aromatic heterocycles. The lowest BCUT2D eigenvalue weighted by atomic mass is 10.1. The minimum absolute atomic E-state index is 0.0720. The first-order valence-corrected chi connectivity index (χ1v) is 9.49. The molecule has 156 valence electrons. The number of benzene rings is 2. The van der Waals surface area contributed by atoms with E-state index in [0.717, 1.165) is 6.42 Å². The number of para-hydroxylation sites is 1. The first kappa shape index (κ1) is 23.0. The van der Waals surface area contributed by atoms with Gasteiger partial charge in [0, 0.05) is 23.2 Å². The van der Waals surface area contributed by atoms with Gasteiger partial charge in [0.15, 0.2) is 5.78 Å². The van der Waals surface area contributed by atoms with Gasteiger partial charge in [-0.1, -0.05) is 61.6 Å². The molecule has 0 saturated heterocycles. The van der Waals surface area contributed by atoms with Gasteiger partial charge in [-0.05, 0) is 37.6 Å². The van der Waals surface area contributed by atoms with E-state index in [9.17, 15) is 22.8 Å². The molecule has 2 aromatic rings. The maximum Gasteiger partial charge on any atom is 0.471 e. The zero-order chi connectivity index (χ0) is 22.1. The number of unbranched alkanes of at least 4 members (excludes halogenated alkanes) is 1. The van der Waals surface area contributed by atoms with Crippen molar-refractivity contribution in [3.05, 3.63) is 77.4 Å². The Labute approximate surface area is 174 Å². The van der Waals surface area contributed by atoms with Crippen LogP contribution >= 0.6 is 0 Å². The Bertz CT molecular complexity index is 980. The van der Waals surface area contributed by atoms with Crippen LogP contribution in [-0.2, 0) is 4.79 Å². The van der Waals surface area contributed by atoms with Gasteiger partial charge in [-0.25, -0.2) is 0 Å². The van der Waals surface area contributed by atoms with Crippen LogP contribution in [-0.4, -0.2) is 24.4 Å². The molecule has 0 spiro atoms. The molecule has 2 rings (SSSR count). The van der Waals surface area contributed by atoms with Crippen LogP contribution in [0, 0.1) is 11.8 Å². The SMILES string of the molecule is CCC/C=C/CN(C(=O)C(F)(F)F)c1ccccc1C#Cc1ccc(C(C)=O)cc1. The molecule has 0 N–H and O–H groups in total. The van der Waals surface area contributed by atoms with Crippen molar-refractivity contribution in [1.82, 2.24) is 0 Å². The zero-order valence-electron chi connectivity index (χ0n) is 16.8. The summed E-state index contributed by atoms with van der Waals surface area (Å²) in [4.78, 5) is 24.1. The van der Waals surface area contributed by atoms with Crippen LogP contribution in [0.4, 0.5) is 18.9 Å². The van der Waals surface area contributed by atoms with Crippen LogP contribution in [0.5, 0.6) is 0 Å². The third-order valence-electron chi connectivity index (χ3n) is 4.23. The molecule has 0 fully saturated rings. The van der Waals surface area contributed by atoms with Crippen LogP contribution in [0.15, 0.2) is 60.7 Å². The summed E-state index contributed by atoms with van der Waals surface area (Å²) in [6.07, 6.45) is -0.124. The maximum absolute atomic E-state index is 13.2. The predicted octanol–water partition coefficient (Wildman–Crippen LogP) is 5.54. The van der Waals surface area contributed by atoms with E-state index in [0.29, 0.717) is 28.0 Å². The molecule has 0 saturated carbocycles. The fourth-order valence-electron chi connectivity index (χ4n) is 2.65. The van der Waals surface area contributed by atoms with E-state index >= 15 is 0 Å². The van der Waals surface area contributed by atoms with Gasteiger partial charge < -0.3 is 0 Å². The Balaban J connectivity index is 2.40. The molecule has 0 radical (unpaired) electrons. The van der Waals surface area contributed by atoms with Crippen LogP contribution in [0.3, 0.4) is 0 Å². The monoisotopic (exact) mass is 413 g/mol. The second-order valence-electron chi connectivity index (χ2n) is 6.57. The number of halogens is 3. The highest BCUT2D eigenvalue weighted by molar-refractivity contribution is 5.98. The number of Topliss-reactive ketones (excluding diaryl/α,β-unsaturated/α-hetero) is 1. The number of rotatable bonds is 6. The Morgan fingerprint density at radius 1 is 1.00 bits per heavy atom. The van der Waals surface area contributed by atoms with Gasteiger partial charge in [-0.2, -0.15) is 13.2 Å². The molecule has 0 aliphatic heterocycles. The normalized spacial score (nSPS) is 11.1. The van der Waals surface area contributed by atoms with Gasteiger partial charge >= 0.3 is 12.1 Å². The molecule has 2 aromatic carbocycles. The summed E-state index contributed by atoms with van der Waals surface area (Å²) in [5.41, 5.74) is 1.54. The topological polar surface area (TPSA) is 37.4 Å². The van der Waals surface area contributed by atoms with E-state index in [1.807, 2.05) is 6.92 Å². The molecule has 3 nitrogen and oxygen atoms in total. The van der Waals surface area contributed by atoms with Crippen LogP contribution in [0.2, 0.25) is 0 Å². The smallest absolute Gasteiger partial charge is 0.300 e. The number of carbonyl (C=O) groups is 2. The fourth-order valence-corrected chi connectivity index (χ4v) is 2.65. The molecule has 0 aliphatic carbocycles. The highest BCUT2D eigenvalue weighted by Crippen LogP contribution is 2.26. The summed E-state index contributed by atoms with van der Waals surface area (Å²) >= 11 is 0. The van der Waals surface area contributed by atoms with Gasteiger partial charge in [0.25, 0.3) is 0 Å². The van der Waals surface area contributed by atoms with E-state index < -0.39 is 12.1 Å². The lowest BCUT2D eigenvalue weighted by Crippen LogP contribution is -2.41. The first-order chi connectivity index (χ1) is 14.2. The molecule has 0 atom stereocenters. The number of amides is 1. The Morgan fingerprint density at radius 3 is 2.27 bits per heavy atom. The van der Waals surface area contributed by atoms with Crippen molar-refractivity contribution in [2.45, 2.75) is 32.9 Å². The number of alkyl halides is 3. The van der Waals surface area contributed by atoms with E-state index in [1.54, 1.807) is 54.6 Å². The van der Waals surface area contributed by atoms with Gasteiger partial charge in [-0.3, -0.25) is 14.5 Å². The van der Waals surface area contributed by atoms with Crippen molar-refractivity contribution in [3.8, 4) is 11.8 Å². The number of anilines is 1. The second kappa shape index (κ2) is 10.4. The minimum Gasteiger partial charge on any atom is -0.300 e. The lowest BCUT2D eigenvalue weighted by molar-refractivity contribution is -0.170. The van der Waals surface area contributed by atoms with Crippen LogP contribution in [0.1, 0.15) is 48.2 Å². The van der Waals surface area contributed by atoms with Gasteiger partial charge in [0.2, 0.25) is 0 Å². The molecular formula is C24H22F3NO2. The summed E-state index contributed by atoms with van der Waals surface area (Å²) in [7, 11) is 0. The van der Waals surface area contributed by atoms with E-state index in [1.165, 1.54) is 13.0 Å². The standard InChI is InChI=1S/C24H22F3NO2/c1-3-4-5-8-17-28(23(30)24(25,26)27)22-10-7-6-9-21(22)16-13-19-11-14-20(15-12-19)18(2)29/h5-12,14-15H,3-4,17H2,1-2H3/b8-5+. The minimum atomic E-state index is -5.00. The molecule has 0 unspecified atom stereocenters. The number of hydrogen-bond acceptors (Lipinski definition) is 2. The first-order valence-electron chi connectivity index (χ1n) is 9.49. The quantitative estimate of drug-likeness (QED) is 0.354. The van der Waals surface area contributed by atoms with E-state index in [4.69, 9.17) is 0 Å². The number of hydrogen-bond donors (Lipinski definition) is 0. The van der Waals surface area contributed by atoms with Crippen LogP contribution in [0.25, 0.3) is 0 Å². The number of ketones is 1. The Morgan fingerprint density at radius 2 is 1.67 bits per heavy atom. The average Bonchev–Trinajstić information content (AvgIpc) is 2.72. The second-order valence-corrected chi connectivity index (χ2v) is 6.57. The van der Waals surface area contributed by atoms with Gasteiger partial charge in [0.1, 0.15) is 0 Å². The fraction of sp³-hybridized carbons (Fsp3) is 0.250. The summed E-state index contributed by atoms with van der Waals surface area (Å²) < 4.78 is 39.5. The summed E-state index contributed by atoms with van der Waals surface area (Å²) in [5, 5.41) is 0. The lowest BCUT2D eigenvalue weighted by Gasteiger charge is -2.23. The Kier molecular flexibility index (Phi) is 7.99. The molecule has 1 amide bonds. The Hall–Kier alpha value is -3.33. The molecule has 0 aliphatic rings. The predicted molar refractivity (Wildman–Crippen MR) is 111 cm³/mol. The van der Waals surface area contributed by atoms with E-state index in [2.05, 4.69) is 11.8 Å². The maximum atomic E-state index is 13.2. The van der Waals surface area contributed by atoms with Crippen molar-refractivity contribution < 1.29 is 22.8 Å². The largest absolute Gasteiger partial charge is 0.471 e. The summed E-state index contributed by atoms with van der Waals surface area (Å²) in [6, 6.07) is 12.8. The van der Waals surface area contributed by atoms with E-state index in [-0.39, 0.29) is 18.0 Å². The van der Waals surface area contributed by atoms with Crippen molar-refractivity contribution in [1.29, 1.82) is 0 Å². The van der Waals surface area contributed by atoms with Crippen molar-refractivity contribution in [2.75, 3.05) is 11.4 Å². The molecule has 6 heteroatoms. The summed E-state index contributed by atoms with van der Waals surface area (Å²) in [5.74, 6) is 3.71. The number of carbonyl (C=O) groups excluding carboxylic acids is 2. The molecule has 30 heavy (non-hydrogen) atoms. The molecule has 0 bridgehead atoms. The third-order valence-corrected chi connectivity index (χ3v) is 4.23. The molecular weight excluding hydrogens is 391 g/mol. The van der Waals surface area contributed by atoms with Gasteiger partial charge in [0.05, 0.1) is 5.69 Å². The zero-order valence-corrected chi connectivity index (χ0v) is 16.8. The average molecular weight is 413 g/mol. The molecule has 0 heterocycles. The van der Waals surface area contributed by atoms with Crippen LogP contribution < -0.4 is 4.90 Å². The number of nitrogens with zero attached hydrogens (tertiary/aromatic N) is 1. The summed E-state index contributed by atoms with van der Waals surface area (Å²) in [6.45, 7) is 3.21. The van der Waals surface area contributed by atoms with Crippen molar-refractivity contribution in [2.24, 2.45) is 0 Å². The highest BCUT2D eigenvalue weighted by Gasteiger charge is 2.43. The highest BCUT2D eigenvalue weighted by atomic mass is 19.4. The third kappa shape index (κ3) is 6.35. The number of allylic oxidation sites excluding steroid dienone is 1.